The van der Waals surface area contributed by atoms with E-state index in [9.17, 15) is 9.59 Å². The molecule has 1 aromatic heterocycles. The van der Waals surface area contributed by atoms with E-state index in [1.165, 1.54) is 11.3 Å². The maximum atomic E-state index is 12.1. The van der Waals surface area contributed by atoms with Crippen LogP contribution in [-0.2, 0) is 10.2 Å². The first-order chi connectivity index (χ1) is 11.4. The summed E-state index contributed by atoms with van der Waals surface area (Å²) in [5, 5.41) is 7.68. The lowest BCUT2D eigenvalue weighted by Gasteiger charge is -2.23. The molecule has 4 nitrogen and oxygen atoms in total. The van der Waals surface area contributed by atoms with Gasteiger partial charge >= 0.3 is 0 Å². The number of para-hydroxylation sites is 1. The molecule has 0 bridgehead atoms. The number of hydrogen-bond acceptors (Lipinski definition) is 3. The van der Waals surface area contributed by atoms with Gasteiger partial charge in [-0.15, -0.1) is 11.3 Å². The quantitative estimate of drug-likeness (QED) is 0.772. The highest BCUT2D eigenvalue weighted by atomic mass is 32.1. The van der Waals surface area contributed by atoms with Gasteiger partial charge in [-0.1, -0.05) is 45.0 Å². The van der Waals surface area contributed by atoms with E-state index < -0.39 is 0 Å². The number of rotatable bonds is 6. The molecule has 2 rings (SSSR count). The third-order valence-corrected chi connectivity index (χ3v) is 4.49. The van der Waals surface area contributed by atoms with E-state index in [1.807, 2.05) is 35.7 Å². The fourth-order valence-corrected chi connectivity index (χ4v) is 3.04. The SMILES string of the molecule is CC(C)(C)c1ccccc1NC(=O)CCCNC(=O)c1cccs1. The summed E-state index contributed by atoms with van der Waals surface area (Å²) in [4.78, 5) is 24.6. The van der Waals surface area contributed by atoms with Crippen LogP contribution in [-0.4, -0.2) is 18.4 Å². The van der Waals surface area contributed by atoms with Crippen LogP contribution in [0, 0.1) is 0 Å². The minimum Gasteiger partial charge on any atom is -0.351 e. The van der Waals surface area contributed by atoms with Gasteiger partial charge in [0.25, 0.3) is 5.91 Å². The Morgan fingerprint density at radius 2 is 1.83 bits per heavy atom. The lowest BCUT2D eigenvalue weighted by atomic mass is 9.86. The van der Waals surface area contributed by atoms with E-state index in [4.69, 9.17) is 0 Å². The first kappa shape index (κ1) is 18.2. The Hall–Kier alpha value is -2.14. The van der Waals surface area contributed by atoms with Crippen LogP contribution < -0.4 is 10.6 Å². The number of hydrogen-bond donors (Lipinski definition) is 2. The third-order valence-electron chi connectivity index (χ3n) is 3.62. The fraction of sp³-hybridized carbons (Fsp3) is 0.368. The van der Waals surface area contributed by atoms with Gasteiger partial charge in [-0.25, -0.2) is 0 Å². The molecule has 5 heteroatoms. The molecule has 0 spiro atoms. The summed E-state index contributed by atoms with van der Waals surface area (Å²) in [6, 6.07) is 11.5. The predicted molar refractivity (Wildman–Crippen MR) is 99.7 cm³/mol. The molecule has 0 aliphatic rings. The van der Waals surface area contributed by atoms with Crippen molar-refractivity contribution < 1.29 is 9.59 Å². The van der Waals surface area contributed by atoms with Crippen molar-refractivity contribution in [3.8, 4) is 0 Å². The van der Waals surface area contributed by atoms with Crippen molar-refractivity contribution >= 4 is 28.8 Å². The smallest absolute Gasteiger partial charge is 0.261 e. The van der Waals surface area contributed by atoms with Gasteiger partial charge in [0.1, 0.15) is 0 Å². The lowest BCUT2D eigenvalue weighted by molar-refractivity contribution is -0.116. The van der Waals surface area contributed by atoms with Gasteiger partial charge in [0, 0.05) is 18.7 Å². The monoisotopic (exact) mass is 344 g/mol. The van der Waals surface area contributed by atoms with Crippen LogP contribution in [0.3, 0.4) is 0 Å². The first-order valence-corrected chi connectivity index (χ1v) is 8.97. The molecule has 0 saturated heterocycles. The molecule has 1 aromatic carbocycles. The number of benzene rings is 1. The zero-order valence-corrected chi connectivity index (χ0v) is 15.2. The van der Waals surface area contributed by atoms with Gasteiger partial charge < -0.3 is 10.6 Å². The van der Waals surface area contributed by atoms with Gasteiger partial charge in [-0.05, 0) is 34.9 Å². The maximum absolute atomic E-state index is 12.1. The third kappa shape index (κ3) is 5.20. The second kappa shape index (κ2) is 8.11. The Bertz CT molecular complexity index is 688. The molecule has 0 aliphatic heterocycles. The van der Waals surface area contributed by atoms with E-state index in [0.29, 0.717) is 24.3 Å². The fourth-order valence-electron chi connectivity index (χ4n) is 2.40. The van der Waals surface area contributed by atoms with Crippen LogP contribution in [0.5, 0.6) is 0 Å². The minimum absolute atomic E-state index is 0.0292. The van der Waals surface area contributed by atoms with E-state index in [0.717, 1.165) is 11.3 Å². The number of carbonyl (C=O) groups is 2. The molecule has 2 amide bonds. The van der Waals surface area contributed by atoms with Crippen molar-refractivity contribution in [1.29, 1.82) is 0 Å². The number of thiophene rings is 1. The zero-order valence-electron chi connectivity index (χ0n) is 14.4. The summed E-state index contributed by atoms with van der Waals surface area (Å²) in [5.41, 5.74) is 1.94. The van der Waals surface area contributed by atoms with Crippen molar-refractivity contribution in [2.75, 3.05) is 11.9 Å². The van der Waals surface area contributed by atoms with Crippen LogP contribution in [0.2, 0.25) is 0 Å². The molecule has 0 unspecified atom stereocenters. The standard InChI is InChI=1S/C19H24N2O2S/c1-19(2,3)14-8-4-5-9-15(14)21-17(22)11-6-12-20-18(23)16-10-7-13-24-16/h4-5,7-10,13H,6,11-12H2,1-3H3,(H,20,23)(H,21,22). The predicted octanol–water partition coefficient (Wildman–Crippen LogP) is 4.19. The number of carbonyl (C=O) groups excluding carboxylic acids is 2. The van der Waals surface area contributed by atoms with Gasteiger partial charge in [0.2, 0.25) is 5.91 Å². The first-order valence-electron chi connectivity index (χ1n) is 8.09. The molecule has 0 atom stereocenters. The molecule has 0 aliphatic carbocycles. The van der Waals surface area contributed by atoms with E-state index in [1.54, 1.807) is 6.07 Å². The number of nitrogens with one attached hydrogen (secondary N) is 2. The highest BCUT2D eigenvalue weighted by Gasteiger charge is 2.18. The molecule has 0 fully saturated rings. The van der Waals surface area contributed by atoms with Crippen LogP contribution in [0.15, 0.2) is 41.8 Å². The summed E-state index contributed by atoms with van der Waals surface area (Å²) in [5.74, 6) is -0.111. The summed E-state index contributed by atoms with van der Waals surface area (Å²) in [6.45, 7) is 6.86. The maximum Gasteiger partial charge on any atom is 0.261 e. The average Bonchev–Trinajstić information content (AvgIpc) is 3.05. The Morgan fingerprint density at radius 3 is 2.50 bits per heavy atom. The highest BCUT2D eigenvalue weighted by molar-refractivity contribution is 7.12. The minimum atomic E-state index is -0.0801. The normalized spacial score (nSPS) is 11.1. The van der Waals surface area contributed by atoms with Crippen LogP contribution >= 0.6 is 11.3 Å². The largest absolute Gasteiger partial charge is 0.351 e. The zero-order chi connectivity index (χ0) is 17.6. The molecule has 128 valence electrons. The van der Waals surface area contributed by atoms with E-state index >= 15 is 0 Å². The van der Waals surface area contributed by atoms with Gasteiger partial charge in [0.15, 0.2) is 0 Å². The molecule has 2 aromatic rings. The summed E-state index contributed by atoms with van der Waals surface area (Å²) >= 11 is 1.41. The molecule has 2 N–H and O–H groups in total. The second-order valence-electron chi connectivity index (χ2n) is 6.68. The molecular formula is C19H24N2O2S. The van der Waals surface area contributed by atoms with Crippen molar-refractivity contribution in [3.63, 3.8) is 0 Å². The van der Waals surface area contributed by atoms with Crippen molar-refractivity contribution in [2.24, 2.45) is 0 Å². The topological polar surface area (TPSA) is 58.2 Å². The van der Waals surface area contributed by atoms with Crippen LogP contribution in [0.4, 0.5) is 5.69 Å². The Morgan fingerprint density at radius 1 is 1.08 bits per heavy atom. The molecule has 0 saturated carbocycles. The Balaban J connectivity index is 1.79. The Kier molecular flexibility index (Phi) is 6.15. The molecule has 0 radical (unpaired) electrons. The molecule has 1 heterocycles. The van der Waals surface area contributed by atoms with Crippen LogP contribution in [0.25, 0.3) is 0 Å². The number of anilines is 1. The lowest BCUT2D eigenvalue weighted by Crippen LogP contribution is -2.25. The molecule has 24 heavy (non-hydrogen) atoms. The summed E-state index contributed by atoms with van der Waals surface area (Å²) < 4.78 is 0. The van der Waals surface area contributed by atoms with E-state index in [2.05, 4.69) is 31.4 Å². The summed E-state index contributed by atoms with van der Waals surface area (Å²) in [7, 11) is 0. The van der Waals surface area contributed by atoms with E-state index in [-0.39, 0.29) is 17.2 Å². The number of amides is 2. The van der Waals surface area contributed by atoms with Crippen molar-refractivity contribution in [1.82, 2.24) is 5.32 Å². The van der Waals surface area contributed by atoms with Crippen LogP contribution in [0.1, 0.15) is 48.8 Å². The van der Waals surface area contributed by atoms with Crippen molar-refractivity contribution in [3.05, 3.63) is 52.2 Å². The van der Waals surface area contributed by atoms with Crippen molar-refractivity contribution in [2.45, 2.75) is 39.0 Å². The summed E-state index contributed by atoms with van der Waals surface area (Å²) in [6.07, 6.45) is 0.990. The Labute approximate surface area is 147 Å². The van der Waals surface area contributed by atoms with Gasteiger partial charge in [-0.3, -0.25) is 9.59 Å². The molecular weight excluding hydrogens is 320 g/mol. The average molecular weight is 344 g/mol. The second-order valence-corrected chi connectivity index (χ2v) is 7.63. The highest BCUT2D eigenvalue weighted by Crippen LogP contribution is 2.29. The van der Waals surface area contributed by atoms with Gasteiger partial charge in [-0.2, -0.15) is 0 Å². The van der Waals surface area contributed by atoms with Gasteiger partial charge in [0.05, 0.1) is 4.88 Å².